The summed E-state index contributed by atoms with van der Waals surface area (Å²) in [4.78, 5) is 35.4. The zero-order chi connectivity index (χ0) is 17.8. The summed E-state index contributed by atoms with van der Waals surface area (Å²) >= 11 is 0. The van der Waals surface area contributed by atoms with Gasteiger partial charge in [-0.25, -0.2) is 4.79 Å². The van der Waals surface area contributed by atoms with E-state index in [1.54, 1.807) is 36.4 Å². The van der Waals surface area contributed by atoms with E-state index >= 15 is 0 Å². The molecule has 0 spiro atoms. The Morgan fingerprint density at radius 2 is 2.00 bits per heavy atom. The summed E-state index contributed by atoms with van der Waals surface area (Å²) in [5, 5.41) is 13.4. The van der Waals surface area contributed by atoms with E-state index in [4.69, 9.17) is 4.74 Å². The number of nitrogens with one attached hydrogen (secondary N) is 1. The van der Waals surface area contributed by atoms with Crippen LogP contribution < -0.4 is 10.2 Å². The van der Waals surface area contributed by atoms with Crippen molar-refractivity contribution >= 4 is 29.1 Å². The lowest BCUT2D eigenvalue weighted by molar-refractivity contribution is -0.384. The van der Waals surface area contributed by atoms with Gasteiger partial charge < -0.3 is 10.1 Å². The molecule has 0 radical (unpaired) electrons. The first kappa shape index (κ1) is 16.4. The maximum Gasteiger partial charge on any atom is 0.414 e. The predicted molar refractivity (Wildman–Crippen MR) is 90.6 cm³/mol. The number of non-ortho nitro benzene ring substituents is 1. The Morgan fingerprint density at radius 3 is 2.64 bits per heavy atom. The first-order valence-corrected chi connectivity index (χ1v) is 7.60. The topological polar surface area (TPSA) is 102 Å². The highest BCUT2D eigenvalue weighted by molar-refractivity contribution is 5.94. The van der Waals surface area contributed by atoms with Crippen LogP contribution in [-0.4, -0.2) is 30.1 Å². The molecule has 0 aliphatic carbocycles. The fraction of sp³-hybridized carbons (Fsp3) is 0.176. The highest BCUT2D eigenvalue weighted by Crippen LogP contribution is 2.22. The maximum atomic E-state index is 12.1. The van der Waals surface area contributed by atoms with E-state index in [0.29, 0.717) is 30.1 Å². The number of hydrogen-bond acceptors (Lipinski definition) is 5. The highest BCUT2D eigenvalue weighted by Gasteiger charge is 2.23. The van der Waals surface area contributed by atoms with Gasteiger partial charge in [-0.2, -0.15) is 0 Å². The van der Waals surface area contributed by atoms with Gasteiger partial charge >= 0.3 is 6.09 Å². The molecule has 1 aliphatic rings. The van der Waals surface area contributed by atoms with Gasteiger partial charge in [0.2, 0.25) is 5.91 Å². The van der Waals surface area contributed by atoms with Crippen molar-refractivity contribution < 1.29 is 19.2 Å². The van der Waals surface area contributed by atoms with Crippen molar-refractivity contribution in [1.82, 2.24) is 0 Å². The molecule has 0 saturated carbocycles. The number of hydrogen-bond donors (Lipinski definition) is 1. The predicted octanol–water partition coefficient (Wildman–Crippen LogP) is 2.73. The number of nitro benzene ring substituents is 1. The number of nitro groups is 1. The molecule has 1 saturated heterocycles. The SMILES string of the molecule is O=C(Cc1ccc([N+](=O)[O-])cc1)Nc1cccc(N2CCOC2=O)c1. The van der Waals surface area contributed by atoms with Gasteiger partial charge in [0.1, 0.15) is 6.61 Å². The van der Waals surface area contributed by atoms with Crippen LogP contribution in [0.3, 0.4) is 0 Å². The van der Waals surface area contributed by atoms with E-state index in [0.717, 1.165) is 0 Å². The van der Waals surface area contributed by atoms with Crippen LogP contribution >= 0.6 is 0 Å². The molecule has 8 heteroatoms. The second-order valence-electron chi connectivity index (χ2n) is 5.46. The van der Waals surface area contributed by atoms with Gasteiger partial charge in [0, 0.05) is 23.5 Å². The summed E-state index contributed by atoms with van der Waals surface area (Å²) in [6, 6.07) is 12.7. The lowest BCUT2D eigenvalue weighted by atomic mass is 10.1. The molecule has 0 unspecified atom stereocenters. The highest BCUT2D eigenvalue weighted by atomic mass is 16.6. The largest absolute Gasteiger partial charge is 0.447 e. The molecule has 0 bridgehead atoms. The zero-order valence-electron chi connectivity index (χ0n) is 13.2. The van der Waals surface area contributed by atoms with Crippen LogP contribution in [0.4, 0.5) is 21.9 Å². The second kappa shape index (κ2) is 7.00. The van der Waals surface area contributed by atoms with Crippen molar-refractivity contribution in [1.29, 1.82) is 0 Å². The Labute approximate surface area is 143 Å². The third-order valence-electron chi connectivity index (χ3n) is 3.71. The van der Waals surface area contributed by atoms with E-state index in [1.165, 1.54) is 17.0 Å². The van der Waals surface area contributed by atoms with E-state index in [-0.39, 0.29) is 18.0 Å². The summed E-state index contributed by atoms with van der Waals surface area (Å²) in [6.45, 7) is 0.814. The Bertz CT molecular complexity index is 819. The summed E-state index contributed by atoms with van der Waals surface area (Å²) in [7, 11) is 0. The number of ether oxygens (including phenoxy) is 1. The molecule has 128 valence electrons. The molecule has 0 atom stereocenters. The Balaban J connectivity index is 1.64. The fourth-order valence-corrected chi connectivity index (χ4v) is 2.51. The fourth-order valence-electron chi connectivity index (χ4n) is 2.51. The number of nitrogens with zero attached hydrogens (tertiary/aromatic N) is 2. The van der Waals surface area contributed by atoms with Crippen LogP contribution in [0.25, 0.3) is 0 Å². The van der Waals surface area contributed by atoms with Crippen LogP contribution in [0.1, 0.15) is 5.56 Å². The van der Waals surface area contributed by atoms with Gasteiger partial charge in [-0.05, 0) is 23.8 Å². The minimum atomic E-state index is -0.487. The smallest absolute Gasteiger partial charge is 0.414 e. The third-order valence-corrected chi connectivity index (χ3v) is 3.71. The van der Waals surface area contributed by atoms with Gasteiger partial charge in [0.25, 0.3) is 5.69 Å². The molecular formula is C17H15N3O5. The van der Waals surface area contributed by atoms with Crippen LogP contribution in [0.15, 0.2) is 48.5 Å². The molecular weight excluding hydrogens is 326 g/mol. The van der Waals surface area contributed by atoms with Crippen molar-refractivity contribution in [3.05, 3.63) is 64.2 Å². The number of amides is 2. The van der Waals surface area contributed by atoms with Crippen LogP contribution in [-0.2, 0) is 16.0 Å². The molecule has 1 aliphatic heterocycles. The molecule has 8 nitrogen and oxygen atoms in total. The van der Waals surface area contributed by atoms with Gasteiger partial charge in [0.05, 0.1) is 17.9 Å². The van der Waals surface area contributed by atoms with Gasteiger partial charge in [0.15, 0.2) is 0 Å². The molecule has 1 heterocycles. The van der Waals surface area contributed by atoms with Crippen LogP contribution in [0.2, 0.25) is 0 Å². The maximum absolute atomic E-state index is 12.1. The zero-order valence-corrected chi connectivity index (χ0v) is 13.2. The molecule has 2 amide bonds. The monoisotopic (exact) mass is 341 g/mol. The minimum absolute atomic E-state index is 0.0191. The van der Waals surface area contributed by atoms with Crippen molar-refractivity contribution in [3.8, 4) is 0 Å². The first-order chi connectivity index (χ1) is 12.0. The van der Waals surface area contributed by atoms with Gasteiger partial charge in [-0.1, -0.05) is 18.2 Å². The lowest BCUT2D eigenvalue weighted by Gasteiger charge is -2.14. The van der Waals surface area contributed by atoms with Gasteiger partial charge in [-0.3, -0.25) is 19.8 Å². The van der Waals surface area contributed by atoms with Crippen molar-refractivity contribution in [2.45, 2.75) is 6.42 Å². The first-order valence-electron chi connectivity index (χ1n) is 7.60. The third kappa shape index (κ3) is 3.92. The van der Waals surface area contributed by atoms with Crippen LogP contribution in [0, 0.1) is 10.1 Å². The minimum Gasteiger partial charge on any atom is -0.447 e. The summed E-state index contributed by atoms with van der Waals surface area (Å²) in [5.74, 6) is -0.255. The number of benzene rings is 2. The van der Waals surface area contributed by atoms with E-state index in [2.05, 4.69) is 5.32 Å². The van der Waals surface area contributed by atoms with Gasteiger partial charge in [-0.15, -0.1) is 0 Å². The standard InChI is InChI=1S/C17H15N3O5/c21-16(10-12-4-6-14(7-5-12)20(23)24)18-13-2-1-3-15(11-13)19-8-9-25-17(19)22/h1-7,11H,8-10H2,(H,18,21). The molecule has 1 N–H and O–H groups in total. The van der Waals surface area contributed by atoms with Crippen LogP contribution in [0.5, 0.6) is 0 Å². The molecule has 2 aromatic rings. The quantitative estimate of drug-likeness (QED) is 0.665. The summed E-state index contributed by atoms with van der Waals surface area (Å²) in [6.07, 6.45) is -0.317. The second-order valence-corrected chi connectivity index (χ2v) is 5.46. The number of carbonyl (C=O) groups excluding carboxylic acids is 2. The molecule has 25 heavy (non-hydrogen) atoms. The van der Waals surface area contributed by atoms with Crippen molar-refractivity contribution in [3.63, 3.8) is 0 Å². The average molecular weight is 341 g/mol. The summed E-state index contributed by atoms with van der Waals surface area (Å²) < 4.78 is 4.90. The van der Waals surface area contributed by atoms with Crippen molar-refractivity contribution in [2.75, 3.05) is 23.4 Å². The Morgan fingerprint density at radius 1 is 1.24 bits per heavy atom. The number of cyclic esters (lactones) is 1. The number of rotatable bonds is 5. The molecule has 1 fully saturated rings. The van der Waals surface area contributed by atoms with E-state index in [1.807, 2.05) is 0 Å². The number of carbonyl (C=O) groups is 2. The molecule has 3 rings (SSSR count). The number of anilines is 2. The normalized spacial score (nSPS) is 13.4. The average Bonchev–Trinajstić information content (AvgIpc) is 3.01. The molecule has 0 aromatic heterocycles. The lowest BCUT2D eigenvalue weighted by Crippen LogP contribution is -2.23. The summed E-state index contributed by atoms with van der Waals surface area (Å²) in [5.41, 5.74) is 1.86. The van der Waals surface area contributed by atoms with E-state index in [9.17, 15) is 19.7 Å². The Hall–Kier alpha value is -3.42. The Kier molecular flexibility index (Phi) is 4.60. The molecule has 2 aromatic carbocycles. The van der Waals surface area contributed by atoms with Crippen molar-refractivity contribution in [2.24, 2.45) is 0 Å². The van der Waals surface area contributed by atoms with E-state index < -0.39 is 11.0 Å².